The third-order valence-electron chi connectivity index (χ3n) is 3.90. The van der Waals surface area contributed by atoms with Gasteiger partial charge in [0.05, 0.1) is 0 Å². The van der Waals surface area contributed by atoms with Crippen molar-refractivity contribution < 1.29 is 0 Å². The summed E-state index contributed by atoms with van der Waals surface area (Å²) in [6.07, 6.45) is 3.76. The zero-order chi connectivity index (χ0) is 17.2. The standard InChI is InChI=1S/C20H28N4.HI/c1-4-17-9-11-18(12-10-17)16-24(3)20(21-5-2)23-15-13-19-8-6-7-14-22-19;/h6-12,14H,4-5,13,15-16H2,1-3H3,(H,21,23);1H. The number of hydrogen-bond acceptors (Lipinski definition) is 2. The monoisotopic (exact) mass is 452 g/mol. The Morgan fingerprint density at radius 1 is 1.08 bits per heavy atom. The first-order chi connectivity index (χ1) is 11.7. The Morgan fingerprint density at radius 3 is 2.40 bits per heavy atom. The Morgan fingerprint density at radius 2 is 1.80 bits per heavy atom. The molecule has 4 nitrogen and oxygen atoms in total. The molecule has 0 aliphatic heterocycles. The molecule has 0 saturated heterocycles. The van der Waals surface area contributed by atoms with Crippen LogP contribution in [0.15, 0.2) is 53.7 Å². The SMILES string of the molecule is CCNC(=NCCc1ccccn1)N(C)Cc1ccc(CC)cc1.I. The summed E-state index contributed by atoms with van der Waals surface area (Å²) >= 11 is 0. The van der Waals surface area contributed by atoms with Gasteiger partial charge < -0.3 is 10.2 Å². The fourth-order valence-corrected chi connectivity index (χ4v) is 2.52. The summed E-state index contributed by atoms with van der Waals surface area (Å²) < 4.78 is 0. The van der Waals surface area contributed by atoms with Gasteiger partial charge in [-0.3, -0.25) is 9.98 Å². The number of nitrogens with one attached hydrogen (secondary N) is 1. The summed E-state index contributed by atoms with van der Waals surface area (Å²) in [6.45, 7) is 6.72. The zero-order valence-electron chi connectivity index (χ0n) is 15.4. The summed E-state index contributed by atoms with van der Waals surface area (Å²) in [5.74, 6) is 0.938. The lowest BCUT2D eigenvalue weighted by Gasteiger charge is -2.22. The highest BCUT2D eigenvalue weighted by Gasteiger charge is 2.06. The van der Waals surface area contributed by atoms with Crippen LogP contribution in [0.1, 0.15) is 30.7 Å². The van der Waals surface area contributed by atoms with E-state index in [1.807, 2.05) is 24.4 Å². The van der Waals surface area contributed by atoms with Crippen LogP contribution in [-0.4, -0.2) is 36.0 Å². The van der Waals surface area contributed by atoms with Crippen LogP contribution in [0.4, 0.5) is 0 Å². The van der Waals surface area contributed by atoms with E-state index in [0.717, 1.165) is 44.1 Å². The first kappa shape index (κ1) is 21.4. The van der Waals surface area contributed by atoms with Crippen LogP contribution < -0.4 is 5.32 Å². The largest absolute Gasteiger partial charge is 0.357 e. The molecule has 0 atom stereocenters. The average Bonchev–Trinajstić information content (AvgIpc) is 2.62. The van der Waals surface area contributed by atoms with Crippen LogP contribution in [0, 0.1) is 0 Å². The smallest absolute Gasteiger partial charge is 0.193 e. The molecule has 0 saturated carbocycles. The van der Waals surface area contributed by atoms with Crippen molar-refractivity contribution in [1.29, 1.82) is 0 Å². The molecule has 0 aliphatic rings. The molecule has 2 rings (SSSR count). The van der Waals surface area contributed by atoms with Crippen molar-refractivity contribution in [2.24, 2.45) is 4.99 Å². The summed E-state index contributed by atoms with van der Waals surface area (Å²) in [7, 11) is 2.08. The van der Waals surface area contributed by atoms with Crippen LogP contribution in [0.5, 0.6) is 0 Å². The first-order valence-corrected chi connectivity index (χ1v) is 8.70. The third-order valence-corrected chi connectivity index (χ3v) is 3.90. The minimum atomic E-state index is 0. The number of guanidine groups is 1. The predicted octanol–water partition coefficient (Wildman–Crippen LogP) is 3.90. The molecule has 0 unspecified atom stereocenters. The molecule has 2 aromatic rings. The highest BCUT2D eigenvalue weighted by Crippen LogP contribution is 2.07. The van der Waals surface area contributed by atoms with Crippen LogP contribution in [0.25, 0.3) is 0 Å². The van der Waals surface area contributed by atoms with Gasteiger partial charge in [-0.05, 0) is 36.6 Å². The second-order valence-electron chi connectivity index (χ2n) is 5.83. The molecule has 1 heterocycles. The van der Waals surface area contributed by atoms with E-state index in [4.69, 9.17) is 4.99 Å². The average molecular weight is 452 g/mol. The second-order valence-corrected chi connectivity index (χ2v) is 5.83. The third kappa shape index (κ3) is 7.42. The number of hydrogen-bond donors (Lipinski definition) is 1. The molecular formula is C20H29IN4. The summed E-state index contributed by atoms with van der Waals surface area (Å²) in [5.41, 5.74) is 3.75. The molecule has 0 bridgehead atoms. The number of aliphatic imine (C=N–C) groups is 1. The van der Waals surface area contributed by atoms with E-state index in [0.29, 0.717) is 0 Å². The number of nitrogens with zero attached hydrogens (tertiary/aromatic N) is 3. The summed E-state index contributed by atoms with van der Waals surface area (Å²) in [4.78, 5) is 11.2. The Labute approximate surface area is 168 Å². The van der Waals surface area contributed by atoms with E-state index in [-0.39, 0.29) is 24.0 Å². The van der Waals surface area contributed by atoms with Crippen molar-refractivity contribution >= 4 is 29.9 Å². The van der Waals surface area contributed by atoms with Crippen LogP contribution in [0.3, 0.4) is 0 Å². The molecule has 0 amide bonds. The maximum Gasteiger partial charge on any atom is 0.193 e. The molecule has 136 valence electrons. The summed E-state index contributed by atoms with van der Waals surface area (Å²) in [6, 6.07) is 14.8. The quantitative estimate of drug-likeness (QED) is 0.394. The Hall–Kier alpha value is -1.63. The van der Waals surface area contributed by atoms with E-state index < -0.39 is 0 Å². The Bertz CT molecular complexity index is 626. The van der Waals surface area contributed by atoms with Crippen LogP contribution >= 0.6 is 24.0 Å². The molecule has 1 aromatic carbocycles. The lowest BCUT2D eigenvalue weighted by molar-refractivity contribution is 0.477. The normalized spacial score (nSPS) is 10.9. The van der Waals surface area contributed by atoms with Gasteiger partial charge in [-0.1, -0.05) is 37.3 Å². The molecule has 0 spiro atoms. The maximum absolute atomic E-state index is 4.73. The highest BCUT2D eigenvalue weighted by atomic mass is 127. The number of aromatic nitrogens is 1. The van der Waals surface area contributed by atoms with E-state index >= 15 is 0 Å². The van der Waals surface area contributed by atoms with Gasteiger partial charge in [-0.2, -0.15) is 0 Å². The second kappa shape index (κ2) is 11.8. The Kier molecular flexibility index (Phi) is 10.1. The van der Waals surface area contributed by atoms with Gasteiger partial charge in [0.2, 0.25) is 0 Å². The van der Waals surface area contributed by atoms with Gasteiger partial charge in [0.1, 0.15) is 0 Å². The van der Waals surface area contributed by atoms with Crippen molar-refractivity contribution in [2.45, 2.75) is 33.2 Å². The number of pyridine rings is 1. The molecule has 0 radical (unpaired) electrons. The molecule has 1 aromatic heterocycles. The maximum atomic E-state index is 4.73. The van der Waals surface area contributed by atoms with E-state index in [1.165, 1.54) is 11.1 Å². The Balaban J connectivity index is 0.00000312. The van der Waals surface area contributed by atoms with Crippen molar-refractivity contribution in [2.75, 3.05) is 20.1 Å². The fourth-order valence-electron chi connectivity index (χ4n) is 2.52. The topological polar surface area (TPSA) is 40.5 Å². The zero-order valence-corrected chi connectivity index (χ0v) is 17.7. The number of aryl methyl sites for hydroxylation is 1. The molecule has 5 heteroatoms. The van der Waals surface area contributed by atoms with Crippen LogP contribution in [-0.2, 0) is 19.4 Å². The van der Waals surface area contributed by atoms with Crippen molar-refractivity contribution in [1.82, 2.24) is 15.2 Å². The lowest BCUT2D eigenvalue weighted by atomic mass is 10.1. The predicted molar refractivity (Wildman–Crippen MR) is 117 cm³/mol. The number of halogens is 1. The van der Waals surface area contributed by atoms with E-state index in [9.17, 15) is 0 Å². The minimum Gasteiger partial charge on any atom is -0.357 e. The molecule has 0 aliphatic carbocycles. The highest BCUT2D eigenvalue weighted by molar-refractivity contribution is 14.0. The van der Waals surface area contributed by atoms with Crippen molar-refractivity contribution in [3.05, 3.63) is 65.5 Å². The molecule has 25 heavy (non-hydrogen) atoms. The van der Waals surface area contributed by atoms with Gasteiger partial charge in [0.25, 0.3) is 0 Å². The van der Waals surface area contributed by atoms with Crippen LogP contribution in [0.2, 0.25) is 0 Å². The van der Waals surface area contributed by atoms with Gasteiger partial charge in [-0.25, -0.2) is 0 Å². The summed E-state index contributed by atoms with van der Waals surface area (Å²) in [5, 5.41) is 3.37. The minimum absolute atomic E-state index is 0. The molecule has 1 N–H and O–H groups in total. The number of rotatable bonds is 7. The lowest BCUT2D eigenvalue weighted by Crippen LogP contribution is -2.38. The number of benzene rings is 1. The first-order valence-electron chi connectivity index (χ1n) is 8.70. The van der Waals surface area contributed by atoms with Gasteiger partial charge in [-0.15, -0.1) is 24.0 Å². The van der Waals surface area contributed by atoms with E-state index in [1.54, 1.807) is 0 Å². The van der Waals surface area contributed by atoms with Gasteiger partial charge in [0, 0.05) is 45.0 Å². The van der Waals surface area contributed by atoms with Crippen molar-refractivity contribution in [3.8, 4) is 0 Å². The molecule has 0 fully saturated rings. The van der Waals surface area contributed by atoms with E-state index in [2.05, 4.69) is 60.4 Å². The van der Waals surface area contributed by atoms with Gasteiger partial charge >= 0.3 is 0 Å². The molecular weight excluding hydrogens is 423 g/mol. The van der Waals surface area contributed by atoms with Gasteiger partial charge in [0.15, 0.2) is 5.96 Å². The van der Waals surface area contributed by atoms with Crippen molar-refractivity contribution in [3.63, 3.8) is 0 Å². The fraction of sp³-hybridized carbons (Fsp3) is 0.400.